The topological polar surface area (TPSA) is 82.1 Å². The number of hydrogen-bond acceptors (Lipinski definition) is 6. The molecule has 0 aliphatic rings. The van der Waals surface area contributed by atoms with Crippen molar-refractivity contribution in [3.8, 4) is 0 Å². The largest absolute Gasteiger partial charge is 0.465 e. The Morgan fingerprint density at radius 2 is 1.65 bits per heavy atom. The SMILES string of the molecule is COC(=O)c1ccc(C(O)CC(=O)C(OC)OC)cc1. The maximum Gasteiger partial charge on any atom is 0.337 e. The van der Waals surface area contributed by atoms with Gasteiger partial charge in [0.1, 0.15) is 0 Å². The number of esters is 1. The average Bonchev–Trinajstić information content (AvgIpc) is 2.47. The van der Waals surface area contributed by atoms with Gasteiger partial charge in [-0.2, -0.15) is 0 Å². The second-order valence-electron chi connectivity index (χ2n) is 4.10. The molecule has 1 unspecified atom stereocenters. The molecule has 0 aromatic heterocycles. The van der Waals surface area contributed by atoms with Gasteiger partial charge in [-0.15, -0.1) is 0 Å². The van der Waals surface area contributed by atoms with Crippen molar-refractivity contribution in [2.24, 2.45) is 0 Å². The Morgan fingerprint density at radius 3 is 2.10 bits per heavy atom. The van der Waals surface area contributed by atoms with Crippen molar-refractivity contribution in [2.75, 3.05) is 21.3 Å². The molecule has 1 atom stereocenters. The molecule has 20 heavy (non-hydrogen) atoms. The van der Waals surface area contributed by atoms with Crippen LogP contribution in [0.1, 0.15) is 28.4 Å². The minimum atomic E-state index is -0.987. The van der Waals surface area contributed by atoms with E-state index in [2.05, 4.69) is 4.74 Å². The third-order valence-electron chi connectivity index (χ3n) is 2.80. The van der Waals surface area contributed by atoms with Crippen molar-refractivity contribution >= 4 is 11.8 Å². The van der Waals surface area contributed by atoms with Crippen molar-refractivity contribution in [3.05, 3.63) is 35.4 Å². The van der Waals surface area contributed by atoms with Crippen LogP contribution in [0.4, 0.5) is 0 Å². The maximum absolute atomic E-state index is 11.7. The molecule has 110 valence electrons. The summed E-state index contributed by atoms with van der Waals surface area (Å²) in [7, 11) is 3.99. The molecule has 0 bridgehead atoms. The number of ether oxygens (including phenoxy) is 3. The van der Waals surface area contributed by atoms with Crippen LogP contribution in [0, 0.1) is 0 Å². The summed E-state index contributed by atoms with van der Waals surface area (Å²) in [6.07, 6.45) is -2.11. The van der Waals surface area contributed by atoms with Gasteiger partial charge in [0, 0.05) is 20.6 Å². The molecule has 6 nitrogen and oxygen atoms in total. The van der Waals surface area contributed by atoms with Gasteiger partial charge in [0.25, 0.3) is 0 Å². The molecule has 1 aromatic carbocycles. The van der Waals surface area contributed by atoms with Crippen LogP contribution in [0.5, 0.6) is 0 Å². The molecule has 0 amide bonds. The highest BCUT2D eigenvalue weighted by molar-refractivity contribution is 5.89. The fourth-order valence-corrected chi connectivity index (χ4v) is 1.72. The molecule has 6 heteroatoms. The first kappa shape index (κ1) is 16.3. The molecule has 0 aliphatic carbocycles. The number of carbonyl (C=O) groups is 2. The Bertz CT molecular complexity index is 449. The number of aliphatic hydroxyl groups excluding tert-OH is 1. The van der Waals surface area contributed by atoms with E-state index in [0.717, 1.165) is 0 Å². The summed E-state index contributed by atoms with van der Waals surface area (Å²) >= 11 is 0. The van der Waals surface area contributed by atoms with Gasteiger partial charge in [-0.3, -0.25) is 4.79 Å². The number of aliphatic hydroxyl groups is 1. The van der Waals surface area contributed by atoms with Gasteiger partial charge in [-0.1, -0.05) is 12.1 Å². The van der Waals surface area contributed by atoms with Crippen LogP contribution in [0.25, 0.3) is 0 Å². The van der Waals surface area contributed by atoms with Crippen LogP contribution in [0.3, 0.4) is 0 Å². The van der Waals surface area contributed by atoms with Crippen LogP contribution in [-0.2, 0) is 19.0 Å². The summed E-state index contributed by atoms with van der Waals surface area (Å²) < 4.78 is 14.2. The minimum Gasteiger partial charge on any atom is -0.465 e. The fraction of sp³-hybridized carbons (Fsp3) is 0.429. The van der Waals surface area contributed by atoms with Crippen LogP contribution in [0.2, 0.25) is 0 Å². The standard InChI is InChI=1S/C14H18O6/c1-18-13(17)10-6-4-9(5-7-10)11(15)8-12(16)14(19-2)20-3/h4-7,11,14-15H,8H2,1-3H3. The molecule has 1 rings (SSSR count). The smallest absolute Gasteiger partial charge is 0.337 e. The molecule has 0 fully saturated rings. The monoisotopic (exact) mass is 282 g/mol. The van der Waals surface area contributed by atoms with E-state index < -0.39 is 18.4 Å². The predicted octanol–water partition coefficient (Wildman–Crippen LogP) is 1.08. The van der Waals surface area contributed by atoms with Crippen LogP contribution in [-0.4, -0.2) is 44.5 Å². The van der Waals surface area contributed by atoms with Crippen molar-refractivity contribution in [3.63, 3.8) is 0 Å². The first-order valence-corrected chi connectivity index (χ1v) is 5.98. The number of rotatable bonds is 7. The average molecular weight is 282 g/mol. The van der Waals surface area contributed by atoms with Crippen LogP contribution >= 0.6 is 0 Å². The Morgan fingerprint density at radius 1 is 1.10 bits per heavy atom. The number of ketones is 1. The Balaban J connectivity index is 2.70. The number of hydrogen-bond donors (Lipinski definition) is 1. The number of methoxy groups -OCH3 is 3. The lowest BCUT2D eigenvalue weighted by Crippen LogP contribution is -2.26. The highest BCUT2D eigenvalue weighted by Crippen LogP contribution is 2.19. The zero-order valence-electron chi connectivity index (χ0n) is 11.7. The first-order valence-electron chi connectivity index (χ1n) is 5.98. The fourth-order valence-electron chi connectivity index (χ4n) is 1.72. The highest BCUT2D eigenvalue weighted by Gasteiger charge is 2.21. The van der Waals surface area contributed by atoms with Crippen molar-refractivity contribution in [1.29, 1.82) is 0 Å². The van der Waals surface area contributed by atoms with Gasteiger partial charge in [0.2, 0.25) is 6.29 Å². The highest BCUT2D eigenvalue weighted by atomic mass is 16.7. The zero-order valence-corrected chi connectivity index (χ0v) is 11.7. The zero-order chi connectivity index (χ0) is 15.1. The van der Waals surface area contributed by atoms with E-state index in [0.29, 0.717) is 11.1 Å². The quantitative estimate of drug-likeness (QED) is 0.595. The Labute approximate surface area is 117 Å². The number of Topliss-reactive ketones (excluding diaryl/α,β-unsaturated/α-hetero) is 1. The second kappa shape index (κ2) is 7.74. The lowest BCUT2D eigenvalue weighted by molar-refractivity contribution is -0.158. The van der Waals surface area contributed by atoms with E-state index in [-0.39, 0.29) is 12.2 Å². The third kappa shape index (κ3) is 4.12. The molecule has 1 aromatic rings. The van der Waals surface area contributed by atoms with E-state index in [1.165, 1.54) is 33.5 Å². The molecule has 0 aliphatic heterocycles. The molecule has 0 saturated heterocycles. The van der Waals surface area contributed by atoms with Gasteiger partial charge in [0.15, 0.2) is 5.78 Å². The van der Waals surface area contributed by atoms with E-state index in [1.54, 1.807) is 12.1 Å². The van der Waals surface area contributed by atoms with Gasteiger partial charge >= 0.3 is 5.97 Å². The van der Waals surface area contributed by atoms with E-state index in [4.69, 9.17) is 9.47 Å². The summed E-state index contributed by atoms with van der Waals surface area (Å²) in [5.74, 6) is -0.819. The molecule has 0 radical (unpaired) electrons. The molecular formula is C14H18O6. The van der Waals surface area contributed by atoms with Crippen molar-refractivity contribution < 1.29 is 28.9 Å². The van der Waals surface area contributed by atoms with Crippen molar-refractivity contribution in [2.45, 2.75) is 18.8 Å². The summed E-state index contributed by atoms with van der Waals surface area (Å²) in [5.41, 5.74) is 0.901. The summed E-state index contributed by atoms with van der Waals surface area (Å²) in [4.78, 5) is 23.0. The molecule has 0 heterocycles. The molecular weight excluding hydrogens is 264 g/mol. The predicted molar refractivity (Wildman–Crippen MR) is 70.2 cm³/mol. The third-order valence-corrected chi connectivity index (χ3v) is 2.80. The Kier molecular flexibility index (Phi) is 6.30. The second-order valence-corrected chi connectivity index (χ2v) is 4.10. The van der Waals surface area contributed by atoms with Gasteiger partial charge in [-0.05, 0) is 17.7 Å². The van der Waals surface area contributed by atoms with E-state index in [1.807, 2.05) is 0 Å². The minimum absolute atomic E-state index is 0.135. The number of benzene rings is 1. The lowest BCUT2D eigenvalue weighted by Gasteiger charge is -2.15. The van der Waals surface area contributed by atoms with E-state index in [9.17, 15) is 14.7 Å². The summed E-state index contributed by atoms with van der Waals surface area (Å²) in [6, 6.07) is 6.19. The summed E-state index contributed by atoms with van der Waals surface area (Å²) in [5, 5.41) is 9.97. The maximum atomic E-state index is 11.7. The van der Waals surface area contributed by atoms with Gasteiger partial charge in [0.05, 0.1) is 18.8 Å². The van der Waals surface area contributed by atoms with Crippen molar-refractivity contribution in [1.82, 2.24) is 0 Å². The number of carbonyl (C=O) groups excluding carboxylic acids is 2. The normalized spacial score (nSPS) is 12.2. The molecule has 1 N–H and O–H groups in total. The van der Waals surface area contributed by atoms with E-state index >= 15 is 0 Å². The first-order chi connectivity index (χ1) is 9.53. The molecule has 0 saturated carbocycles. The Hall–Kier alpha value is -1.76. The summed E-state index contributed by atoms with van der Waals surface area (Å²) in [6.45, 7) is 0. The lowest BCUT2D eigenvalue weighted by atomic mass is 10.0. The van der Waals surface area contributed by atoms with Crippen LogP contribution in [0.15, 0.2) is 24.3 Å². The van der Waals surface area contributed by atoms with Crippen LogP contribution < -0.4 is 0 Å². The van der Waals surface area contributed by atoms with Gasteiger partial charge < -0.3 is 19.3 Å². The molecule has 0 spiro atoms. The van der Waals surface area contributed by atoms with Gasteiger partial charge in [-0.25, -0.2) is 4.79 Å².